The Balaban J connectivity index is -0.000000415. The summed E-state index contributed by atoms with van der Waals surface area (Å²) in [5.74, 6) is -0.934. The van der Waals surface area contributed by atoms with Crippen LogP contribution in [0.25, 0.3) is 0 Å². The molecular weight excluding hydrogens is 492 g/mol. The highest BCUT2D eigenvalue weighted by atomic mass is 31.2. The molecule has 0 aliphatic heterocycles. The number of aliphatic hydroxyl groups is 6. The van der Waals surface area contributed by atoms with Gasteiger partial charge in [-0.05, 0) is 0 Å². The zero-order chi connectivity index (χ0) is 26.5. The van der Waals surface area contributed by atoms with Gasteiger partial charge in [-0.1, -0.05) is 0 Å². The zero-order valence-corrected chi connectivity index (χ0v) is 20.3. The lowest BCUT2D eigenvalue weighted by Gasteiger charge is -2.19. The van der Waals surface area contributed by atoms with Gasteiger partial charge in [0.1, 0.15) is 0 Å². The molecule has 0 saturated carbocycles. The van der Waals surface area contributed by atoms with Crippen LogP contribution >= 0.6 is 15.2 Å². The Kier molecular flexibility index (Phi) is 24.6. The van der Waals surface area contributed by atoms with Crippen molar-refractivity contribution in [3.63, 3.8) is 0 Å². The first-order chi connectivity index (χ1) is 15.2. The molecule has 0 heterocycles. The Labute approximate surface area is 192 Å². The van der Waals surface area contributed by atoms with Gasteiger partial charge in [-0.15, -0.1) is 0 Å². The van der Waals surface area contributed by atoms with E-state index in [0.29, 0.717) is 39.3 Å². The molecular formula is C15H39N3O13P2. The average molecular weight is 531 g/mol. The number of hydrogen-bond donors (Lipinski definition) is 11. The van der Waals surface area contributed by atoms with Gasteiger partial charge in [-0.2, -0.15) is 0 Å². The smallest absolute Gasteiger partial charge is 0.360 e. The van der Waals surface area contributed by atoms with E-state index in [2.05, 4.69) is 0 Å². The highest BCUT2D eigenvalue weighted by molar-refractivity contribution is 7.70. The lowest BCUT2D eigenvalue weighted by molar-refractivity contribution is -0.119. The minimum Gasteiger partial charge on any atom is -0.395 e. The third kappa shape index (κ3) is 24.4. The Hall–Kier alpha value is -0.550. The predicted octanol–water partition coefficient (Wildman–Crippen LogP) is -4.71. The van der Waals surface area contributed by atoms with Crippen LogP contribution in [0.2, 0.25) is 0 Å². The topological polar surface area (TPSA) is 272 Å². The third-order valence-electron chi connectivity index (χ3n) is 3.47. The molecule has 0 bridgehead atoms. The van der Waals surface area contributed by atoms with E-state index in [1.165, 1.54) is 5.32 Å². The van der Waals surface area contributed by atoms with Crippen LogP contribution < -0.4 is 5.32 Å². The van der Waals surface area contributed by atoms with Crippen molar-refractivity contribution >= 4 is 21.1 Å². The predicted molar refractivity (Wildman–Crippen MR) is 117 cm³/mol. The molecule has 0 aromatic carbocycles. The second-order valence-electron chi connectivity index (χ2n) is 6.28. The lowest BCUT2D eigenvalue weighted by atomic mass is 10.4. The zero-order valence-electron chi connectivity index (χ0n) is 18.5. The molecule has 1 amide bonds. The lowest BCUT2D eigenvalue weighted by Crippen LogP contribution is -2.32. The van der Waals surface area contributed by atoms with E-state index in [1.807, 2.05) is 0 Å². The van der Waals surface area contributed by atoms with Crippen LogP contribution in [0.1, 0.15) is 6.92 Å². The average Bonchev–Trinajstić information content (AvgIpc) is 2.67. The summed E-state index contributed by atoms with van der Waals surface area (Å²) >= 11 is 0. The number of nitrogens with one attached hydrogen (secondary N) is 1. The van der Waals surface area contributed by atoms with Crippen LogP contribution in [-0.2, 0) is 13.9 Å². The van der Waals surface area contributed by atoms with E-state index in [0.717, 1.165) is 6.92 Å². The van der Waals surface area contributed by atoms with Crippen LogP contribution in [0.4, 0.5) is 0 Å². The van der Waals surface area contributed by atoms with Crippen LogP contribution in [0.3, 0.4) is 0 Å². The Morgan fingerprint density at radius 3 is 0.939 bits per heavy atom. The fraction of sp³-hybridized carbons (Fsp3) is 0.933. The van der Waals surface area contributed by atoms with Gasteiger partial charge in [0, 0.05) is 46.2 Å². The van der Waals surface area contributed by atoms with Gasteiger partial charge < -0.3 is 55.5 Å². The Morgan fingerprint density at radius 2 is 0.848 bits per heavy atom. The molecule has 33 heavy (non-hydrogen) atoms. The fourth-order valence-electron chi connectivity index (χ4n) is 2.07. The maximum absolute atomic E-state index is 10.5. The minimum absolute atomic E-state index is 0.0694. The molecule has 0 aliphatic carbocycles. The molecule has 202 valence electrons. The van der Waals surface area contributed by atoms with E-state index >= 15 is 0 Å². The van der Waals surface area contributed by atoms with Crippen molar-refractivity contribution in [2.45, 2.75) is 12.4 Å². The molecule has 0 rings (SSSR count). The quantitative estimate of drug-likeness (QED) is 0.0886. The number of hydrogen-bond acceptors (Lipinski definition) is 11. The molecule has 0 radical (unpaired) electrons. The molecule has 11 N–H and O–H groups in total. The van der Waals surface area contributed by atoms with Crippen LogP contribution in [0.15, 0.2) is 0 Å². The molecule has 0 atom stereocenters. The van der Waals surface area contributed by atoms with Crippen LogP contribution in [0, 0.1) is 0 Å². The number of carbonyl (C=O) groups excluding carboxylic acids is 1. The standard InChI is InChI=1S/2C6H15NO3.C3H9NO7P2/c2*8-4-1-7(2-5-9)3-6-10;1-2(5)4-3(12(6,7)8)13(9,10)11/h2*8-10H,1-6H2;3H,1H3,(H,4,5)(H2,6,7,8)(H2,9,10,11). The second-order valence-corrected chi connectivity index (χ2v) is 10.1. The van der Waals surface area contributed by atoms with Gasteiger partial charge in [0.25, 0.3) is 0 Å². The summed E-state index contributed by atoms with van der Waals surface area (Å²) < 4.78 is 21.0. The molecule has 18 heteroatoms. The maximum atomic E-state index is 10.5. The van der Waals surface area contributed by atoms with Gasteiger partial charge in [0.15, 0.2) is 0 Å². The van der Waals surface area contributed by atoms with Crippen molar-refractivity contribution in [2.24, 2.45) is 0 Å². The summed E-state index contributed by atoms with van der Waals surface area (Å²) in [5.41, 5.74) is -2.46. The van der Waals surface area contributed by atoms with Gasteiger partial charge in [0.05, 0.1) is 39.6 Å². The summed E-state index contributed by atoms with van der Waals surface area (Å²) in [6.07, 6.45) is 0. The van der Waals surface area contributed by atoms with Gasteiger partial charge in [-0.3, -0.25) is 23.7 Å². The number of amides is 1. The number of rotatable bonds is 15. The van der Waals surface area contributed by atoms with Crippen molar-refractivity contribution < 1.29 is 64.1 Å². The Morgan fingerprint density at radius 1 is 0.636 bits per heavy atom. The van der Waals surface area contributed by atoms with Crippen molar-refractivity contribution in [2.75, 3.05) is 78.9 Å². The molecule has 0 aromatic rings. The first-order valence-corrected chi connectivity index (χ1v) is 13.1. The van der Waals surface area contributed by atoms with E-state index in [-0.39, 0.29) is 39.6 Å². The minimum atomic E-state index is -5.05. The van der Waals surface area contributed by atoms with Crippen molar-refractivity contribution in [1.82, 2.24) is 15.1 Å². The molecule has 0 spiro atoms. The second kappa shape index (κ2) is 21.9. The number of carbonyl (C=O) groups is 1. The SMILES string of the molecule is CC(=O)NC(P(=O)(O)O)P(=O)(O)O.OCCN(CCO)CCO.OCCN(CCO)CCO. The van der Waals surface area contributed by atoms with Crippen LogP contribution in [-0.4, -0.2) is 150 Å². The number of nitrogens with zero attached hydrogens (tertiary/aromatic N) is 2. The van der Waals surface area contributed by atoms with E-state index in [4.69, 9.17) is 50.2 Å². The van der Waals surface area contributed by atoms with Gasteiger partial charge >= 0.3 is 15.2 Å². The molecule has 0 saturated heterocycles. The summed E-state index contributed by atoms with van der Waals surface area (Å²) in [4.78, 5) is 47.8. The highest BCUT2D eigenvalue weighted by Gasteiger charge is 2.43. The molecule has 0 fully saturated rings. The van der Waals surface area contributed by atoms with E-state index in [9.17, 15) is 13.9 Å². The summed E-state index contributed by atoms with van der Waals surface area (Å²) in [5, 5.41) is 52.4. The monoisotopic (exact) mass is 531 g/mol. The normalized spacial score (nSPS) is 11.7. The third-order valence-corrected chi connectivity index (χ3v) is 6.80. The van der Waals surface area contributed by atoms with Crippen molar-refractivity contribution in [1.29, 1.82) is 0 Å². The number of aliphatic hydroxyl groups excluding tert-OH is 6. The Bertz CT molecular complexity index is 493. The first-order valence-electron chi connectivity index (χ1n) is 9.72. The van der Waals surface area contributed by atoms with Crippen LogP contribution in [0.5, 0.6) is 0 Å². The van der Waals surface area contributed by atoms with Gasteiger partial charge in [-0.25, -0.2) is 0 Å². The maximum Gasteiger partial charge on any atom is 0.360 e. The fourth-order valence-corrected chi connectivity index (χ4v) is 4.33. The molecule has 16 nitrogen and oxygen atoms in total. The molecule has 0 aromatic heterocycles. The summed E-state index contributed by atoms with van der Waals surface area (Å²) in [6, 6.07) is 0. The van der Waals surface area contributed by atoms with E-state index in [1.54, 1.807) is 9.80 Å². The summed E-state index contributed by atoms with van der Waals surface area (Å²) in [6.45, 7) is 4.39. The van der Waals surface area contributed by atoms with Crippen molar-refractivity contribution in [3.05, 3.63) is 0 Å². The largest absolute Gasteiger partial charge is 0.395 e. The molecule has 0 unspecified atom stereocenters. The molecule has 0 aliphatic rings. The van der Waals surface area contributed by atoms with Gasteiger partial charge in [0.2, 0.25) is 11.4 Å². The van der Waals surface area contributed by atoms with E-state index < -0.39 is 26.6 Å². The summed E-state index contributed by atoms with van der Waals surface area (Å²) in [7, 11) is -10.1. The van der Waals surface area contributed by atoms with Crippen molar-refractivity contribution in [3.8, 4) is 0 Å². The highest BCUT2D eigenvalue weighted by Crippen LogP contribution is 2.58. The first kappa shape index (κ1) is 37.0.